The molecule has 0 saturated heterocycles. The summed E-state index contributed by atoms with van der Waals surface area (Å²) in [6.07, 6.45) is -0.0516. The molecular weight excluding hydrogens is 498 g/mol. The van der Waals surface area contributed by atoms with Crippen LogP contribution >= 0.6 is 0 Å². The first kappa shape index (κ1) is 25.2. The molecule has 198 valence electrons. The smallest absolute Gasteiger partial charge is 0.256 e. The first-order valence-corrected chi connectivity index (χ1v) is 11.8. The zero-order valence-corrected chi connectivity index (χ0v) is 20.7. The number of aromatic nitrogens is 1. The summed E-state index contributed by atoms with van der Waals surface area (Å²) in [6, 6.07) is 4.68. The summed E-state index contributed by atoms with van der Waals surface area (Å²) < 4.78 is 5.52. The molecule has 0 spiro atoms. The summed E-state index contributed by atoms with van der Waals surface area (Å²) in [4.78, 5) is 43.7. The van der Waals surface area contributed by atoms with E-state index in [1.165, 1.54) is 6.07 Å². The number of primary amides is 1. The number of phenols is 1. The number of nitrogens with zero attached hydrogens (tertiary/aromatic N) is 2. The van der Waals surface area contributed by atoms with Crippen molar-refractivity contribution in [3.05, 3.63) is 51.9 Å². The number of oxime groups is 1. The third-order valence-electron chi connectivity index (χ3n) is 7.46. The van der Waals surface area contributed by atoms with Gasteiger partial charge in [-0.25, -0.2) is 0 Å². The molecule has 1 amide bonds. The third-order valence-corrected chi connectivity index (χ3v) is 7.46. The van der Waals surface area contributed by atoms with Crippen LogP contribution in [0.5, 0.6) is 5.75 Å². The summed E-state index contributed by atoms with van der Waals surface area (Å²) in [5.74, 6) is -7.51. The van der Waals surface area contributed by atoms with Crippen LogP contribution in [-0.2, 0) is 25.6 Å². The van der Waals surface area contributed by atoms with Crippen molar-refractivity contribution in [1.82, 2.24) is 5.16 Å². The summed E-state index contributed by atoms with van der Waals surface area (Å²) in [5, 5.41) is 51.8. The number of fused-ring (bicyclic) bond motifs is 3. The van der Waals surface area contributed by atoms with E-state index in [9.17, 15) is 34.8 Å². The molecule has 2 aromatic rings. The van der Waals surface area contributed by atoms with Gasteiger partial charge in [0.2, 0.25) is 11.6 Å². The average Bonchev–Trinajstić information content (AvgIpc) is 3.34. The number of Topliss-reactive ketones (excluding diaryl/α,β-unsaturated/α-hetero) is 2. The van der Waals surface area contributed by atoms with E-state index >= 15 is 0 Å². The Labute approximate surface area is 215 Å². The Bertz CT molecular complexity index is 1510. The van der Waals surface area contributed by atoms with Crippen LogP contribution in [0.25, 0.3) is 17.1 Å². The highest BCUT2D eigenvalue weighted by Crippen LogP contribution is 2.52. The second-order valence-electron chi connectivity index (χ2n) is 9.88. The van der Waals surface area contributed by atoms with Gasteiger partial charge in [-0.15, -0.1) is 0 Å². The fourth-order valence-corrected chi connectivity index (χ4v) is 5.62. The van der Waals surface area contributed by atoms with E-state index in [0.29, 0.717) is 22.6 Å². The van der Waals surface area contributed by atoms with E-state index in [4.69, 9.17) is 15.1 Å². The quantitative estimate of drug-likeness (QED) is 0.223. The number of hydrogen-bond donors (Lipinski definition) is 5. The van der Waals surface area contributed by atoms with Crippen molar-refractivity contribution < 1.29 is 44.2 Å². The van der Waals surface area contributed by atoms with E-state index in [2.05, 4.69) is 10.3 Å². The Balaban J connectivity index is 1.71. The number of hydrogen-bond acceptors (Lipinski definition) is 11. The second kappa shape index (κ2) is 8.55. The molecule has 1 aromatic heterocycles. The lowest BCUT2D eigenvalue weighted by Gasteiger charge is -2.45. The minimum atomic E-state index is -2.89. The van der Waals surface area contributed by atoms with E-state index < -0.39 is 57.7 Å². The molecular formula is C26H25N3O9. The molecule has 6 N–H and O–H groups in total. The number of rotatable bonds is 4. The first-order chi connectivity index (χ1) is 17.9. The zero-order chi connectivity index (χ0) is 27.7. The van der Waals surface area contributed by atoms with Crippen LogP contribution in [0.4, 0.5) is 0 Å². The van der Waals surface area contributed by atoms with Gasteiger partial charge in [-0.1, -0.05) is 24.2 Å². The van der Waals surface area contributed by atoms with Crippen LogP contribution < -0.4 is 5.73 Å². The Kier molecular flexibility index (Phi) is 5.67. The van der Waals surface area contributed by atoms with Crippen LogP contribution in [0.1, 0.15) is 43.0 Å². The minimum absolute atomic E-state index is 0.0470. The molecule has 3 aliphatic rings. The highest BCUT2D eigenvalue weighted by atomic mass is 16.6. The summed E-state index contributed by atoms with van der Waals surface area (Å²) in [6.45, 7) is 3.89. The lowest BCUT2D eigenvalue weighted by atomic mass is 9.58. The Morgan fingerprint density at radius 1 is 1.21 bits per heavy atom. The van der Waals surface area contributed by atoms with Gasteiger partial charge >= 0.3 is 0 Å². The van der Waals surface area contributed by atoms with Crippen molar-refractivity contribution in [1.29, 1.82) is 0 Å². The number of carbonyl (C=O) groups is 3. The third kappa shape index (κ3) is 3.29. The molecule has 1 heterocycles. The van der Waals surface area contributed by atoms with E-state index in [1.807, 2.05) is 13.8 Å². The van der Waals surface area contributed by atoms with Gasteiger partial charge in [-0.05, 0) is 42.4 Å². The molecule has 1 saturated carbocycles. The summed E-state index contributed by atoms with van der Waals surface area (Å²) >= 11 is 0. The van der Waals surface area contributed by atoms with Crippen LogP contribution in [0.3, 0.4) is 0 Å². The second-order valence-corrected chi connectivity index (χ2v) is 9.88. The van der Waals surface area contributed by atoms with Crippen molar-refractivity contribution in [3.63, 3.8) is 0 Å². The maximum atomic E-state index is 13.8. The number of carbonyl (C=O) groups excluding carboxylic acids is 3. The lowest BCUT2D eigenvalue weighted by Crippen LogP contribution is -2.64. The Hall–Kier alpha value is -4.45. The molecule has 3 atom stereocenters. The van der Waals surface area contributed by atoms with Crippen LogP contribution in [0, 0.1) is 11.8 Å². The zero-order valence-electron chi connectivity index (χ0n) is 20.7. The van der Waals surface area contributed by atoms with Crippen molar-refractivity contribution >= 4 is 28.9 Å². The minimum Gasteiger partial charge on any atom is -0.507 e. The number of ketones is 2. The monoisotopic (exact) mass is 523 g/mol. The SMILES string of the molecule is CO/N=C1\C(O)=C(C(N)=O)C(=O)[C@@]2(O)C(=O)C3=C(O)c4c(O)ccc(-c5cc(C(C)C)no5)c4C[C@H]3C[C@@H]12. The Morgan fingerprint density at radius 2 is 1.92 bits per heavy atom. The molecule has 12 nitrogen and oxygen atoms in total. The molecule has 0 aliphatic heterocycles. The van der Waals surface area contributed by atoms with E-state index in [0.717, 1.165) is 7.11 Å². The van der Waals surface area contributed by atoms with Crippen LogP contribution in [-0.4, -0.2) is 61.5 Å². The maximum Gasteiger partial charge on any atom is 0.256 e. The van der Waals surface area contributed by atoms with Crippen LogP contribution in [0.15, 0.2) is 44.8 Å². The molecule has 0 unspecified atom stereocenters. The molecule has 1 fully saturated rings. The number of amides is 1. The number of aromatic hydroxyl groups is 1. The molecule has 12 heteroatoms. The van der Waals surface area contributed by atoms with Crippen molar-refractivity contribution in [2.45, 2.75) is 38.2 Å². The van der Waals surface area contributed by atoms with Gasteiger partial charge in [0.15, 0.2) is 17.1 Å². The number of benzene rings is 1. The molecule has 1 aromatic carbocycles. The standard InChI is InChI=1S/C26H25N3O9/c1-9(2)14-8-16(38-28-14)11-4-5-15(30)18-12(11)6-10-7-13-20(29-37-3)22(32)19(25(27)35)24(34)26(13,36)23(33)17(10)21(18)31/h4-5,8-10,13,30-32,36H,6-7H2,1-3H3,(H2,27,35)/b29-20-/t10-,13-,26-/m0/s1. The molecule has 38 heavy (non-hydrogen) atoms. The predicted octanol–water partition coefficient (Wildman–Crippen LogP) is 1.81. The van der Waals surface area contributed by atoms with Crippen molar-refractivity contribution in [3.8, 4) is 17.1 Å². The number of aliphatic hydroxyl groups is 3. The number of nitrogens with two attached hydrogens (primary N) is 1. The van der Waals surface area contributed by atoms with Crippen molar-refractivity contribution in [2.24, 2.45) is 22.7 Å². The largest absolute Gasteiger partial charge is 0.507 e. The maximum absolute atomic E-state index is 13.8. The van der Waals surface area contributed by atoms with Gasteiger partial charge < -0.3 is 35.5 Å². The highest BCUT2D eigenvalue weighted by Gasteiger charge is 2.64. The van der Waals surface area contributed by atoms with E-state index in [1.54, 1.807) is 12.1 Å². The van der Waals surface area contributed by atoms with Gasteiger partial charge in [0.05, 0.1) is 17.2 Å². The number of aliphatic hydroxyl groups excluding tert-OH is 2. The van der Waals surface area contributed by atoms with E-state index in [-0.39, 0.29) is 35.6 Å². The Morgan fingerprint density at radius 3 is 2.53 bits per heavy atom. The summed E-state index contributed by atoms with van der Waals surface area (Å²) in [7, 11) is 1.15. The molecule has 0 bridgehead atoms. The topological polar surface area (TPSA) is 206 Å². The normalized spacial score (nSPS) is 26.0. The molecule has 0 radical (unpaired) electrons. The van der Waals surface area contributed by atoms with Gasteiger partial charge in [0.1, 0.15) is 29.9 Å². The van der Waals surface area contributed by atoms with Gasteiger partial charge in [-0.3, -0.25) is 14.4 Å². The van der Waals surface area contributed by atoms with Gasteiger partial charge in [-0.2, -0.15) is 0 Å². The van der Waals surface area contributed by atoms with Crippen molar-refractivity contribution in [2.75, 3.05) is 7.11 Å². The molecule has 5 rings (SSSR count). The fraction of sp³-hybridized carbons (Fsp3) is 0.346. The van der Waals surface area contributed by atoms with Crippen LogP contribution in [0.2, 0.25) is 0 Å². The highest BCUT2D eigenvalue weighted by molar-refractivity contribution is 6.38. The fourth-order valence-electron chi connectivity index (χ4n) is 5.62. The first-order valence-electron chi connectivity index (χ1n) is 11.8. The summed E-state index contributed by atoms with van der Waals surface area (Å²) in [5.41, 5.74) is 2.33. The van der Waals surface area contributed by atoms with Gasteiger partial charge in [0.25, 0.3) is 5.91 Å². The molecule has 3 aliphatic carbocycles. The number of phenolic OH excluding ortho intramolecular Hbond substituents is 1. The van der Waals surface area contributed by atoms with Gasteiger partial charge in [0, 0.05) is 17.2 Å². The predicted molar refractivity (Wildman–Crippen MR) is 131 cm³/mol. The number of allylic oxidation sites excluding steroid dienone is 1. The average molecular weight is 523 g/mol. The lowest BCUT2D eigenvalue weighted by molar-refractivity contribution is -0.153.